The van der Waals surface area contributed by atoms with Gasteiger partial charge in [0.05, 0.1) is 5.60 Å². The molecule has 1 saturated carbocycles. The van der Waals surface area contributed by atoms with Crippen LogP contribution in [0.5, 0.6) is 5.75 Å². The summed E-state index contributed by atoms with van der Waals surface area (Å²) < 4.78 is 0. The minimum Gasteiger partial charge on any atom is -0.508 e. The number of rotatable bonds is 3. The molecule has 1 aliphatic carbocycles. The van der Waals surface area contributed by atoms with E-state index in [4.69, 9.17) is 0 Å². The number of anilines is 1. The Morgan fingerprint density at radius 2 is 2.13 bits per heavy atom. The summed E-state index contributed by atoms with van der Waals surface area (Å²) >= 11 is 0. The van der Waals surface area contributed by atoms with Crippen molar-refractivity contribution in [2.45, 2.75) is 31.8 Å². The molecule has 0 aliphatic heterocycles. The van der Waals surface area contributed by atoms with E-state index in [1.54, 1.807) is 6.07 Å². The quantitative estimate of drug-likeness (QED) is 0.710. The van der Waals surface area contributed by atoms with Gasteiger partial charge >= 0.3 is 0 Å². The van der Waals surface area contributed by atoms with Crippen LogP contribution in [-0.4, -0.2) is 22.4 Å². The largest absolute Gasteiger partial charge is 0.508 e. The maximum atomic E-state index is 9.87. The fourth-order valence-corrected chi connectivity index (χ4v) is 1.75. The first-order valence-electron chi connectivity index (χ1n) is 5.35. The molecule has 3 nitrogen and oxygen atoms in total. The maximum absolute atomic E-state index is 9.87. The van der Waals surface area contributed by atoms with Gasteiger partial charge in [0, 0.05) is 18.3 Å². The summed E-state index contributed by atoms with van der Waals surface area (Å²) in [6.07, 6.45) is 2.85. The number of hydrogen-bond donors (Lipinski definition) is 3. The van der Waals surface area contributed by atoms with E-state index >= 15 is 0 Å². The lowest BCUT2D eigenvalue weighted by molar-refractivity contribution is -0.0202. The highest BCUT2D eigenvalue weighted by molar-refractivity contribution is 5.51. The van der Waals surface area contributed by atoms with Gasteiger partial charge in [-0.25, -0.2) is 0 Å². The third kappa shape index (κ3) is 2.23. The molecule has 0 heterocycles. The van der Waals surface area contributed by atoms with Crippen molar-refractivity contribution >= 4 is 5.69 Å². The molecule has 0 radical (unpaired) electrons. The van der Waals surface area contributed by atoms with Gasteiger partial charge in [0.15, 0.2) is 0 Å². The van der Waals surface area contributed by atoms with Crippen LogP contribution in [0, 0.1) is 6.92 Å². The zero-order chi connectivity index (χ0) is 10.9. The number of nitrogens with one attached hydrogen (secondary N) is 1. The van der Waals surface area contributed by atoms with E-state index in [9.17, 15) is 10.2 Å². The van der Waals surface area contributed by atoms with Crippen molar-refractivity contribution in [2.24, 2.45) is 0 Å². The highest BCUT2D eigenvalue weighted by atomic mass is 16.3. The van der Waals surface area contributed by atoms with Crippen LogP contribution < -0.4 is 5.32 Å². The van der Waals surface area contributed by atoms with Gasteiger partial charge < -0.3 is 15.5 Å². The van der Waals surface area contributed by atoms with Crippen LogP contribution >= 0.6 is 0 Å². The van der Waals surface area contributed by atoms with Crippen LogP contribution in [0.2, 0.25) is 0 Å². The number of aliphatic hydroxyl groups is 1. The molecule has 3 N–H and O–H groups in total. The Morgan fingerprint density at radius 1 is 1.40 bits per heavy atom. The van der Waals surface area contributed by atoms with E-state index in [1.165, 1.54) is 0 Å². The average Bonchev–Trinajstić information content (AvgIpc) is 2.17. The van der Waals surface area contributed by atoms with Gasteiger partial charge in [-0.2, -0.15) is 0 Å². The Bertz CT molecular complexity index is 359. The SMILES string of the molecule is Cc1ccc(NCC2(O)CCC2)cc1O. The molecule has 1 fully saturated rings. The number of aryl methyl sites for hydroxylation is 1. The molecule has 3 heteroatoms. The lowest BCUT2D eigenvalue weighted by Crippen LogP contribution is -2.43. The van der Waals surface area contributed by atoms with Crippen molar-refractivity contribution in [3.05, 3.63) is 23.8 Å². The van der Waals surface area contributed by atoms with Crippen molar-refractivity contribution in [2.75, 3.05) is 11.9 Å². The van der Waals surface area contributed by atoms with Gasteiger partial charge in [-0.05, 0) is 37.8 Å². The normalized spacial score (nSPS) is 18.3. The molecule has 0 aromatic heterocycles. The van der Waals surface area contributed by atoms with E-state index in [0.29, 0.717) is 12.3 Å². The summed E-state index contributed by atoms with van der Waals surface area (Å²) in [5.41, 5.74) is 1.20. The van der Waals surface area contributed by atoms with E-state index in [-0.39, 0.29) is 0 Å². The van der Waals surface area contributed by atoms with Crippen LogP contribution in [0.15, 0.2) is 18.2 Å². The first-order chi connectivity index (χ1) is 7.09. The van der Waals surface area contributed by atoms with Gasteiger partial charge in [0.1, 0.15) is 5.75 Å². The molecular weight excluding hydrogens is 190 g/mol. The predicted molar refractivity (Wildman–Crippen MR) is 60.1 cm³/mol. The van der Waals surface area contributed by atoms with Crippen molar-refractivity contribution in [1.82, 2.24) is 0 Å². The van der Waals surface area contributed by atoms with E-state index < -0.39 is 5.60 Å². The zero-order valence-electron chi connectivity index (χ0n) is 8.95. The third-order valence-electron chi connectivity index (χ3n) is 3.11. The number of phenolic OH excluding ortho intramolecular Hbond substituents is 1. The topological polar surface area (TPSA) is 52.5 Å². The van der Waals surface area contributed by atoms with Gasteiger partial charge in [0.2, 0.25) is 0 Å². The van der Waals surface area contributed by atoms with Gasteiger partial charge in [-0.3, -0.25) is 0 Å². The highest BCUT2D eigenvalue weighted by Crippen LogP contribution is 2.32. The molecule has 0 saturated heterocycles. The Labute approximate surface area is 89.8 Å². The van der Waals surface area contributed by atoms with E-state index in [1.807, 2.05) is 19.1 Å². The molecule has 0 bridgehead atoms. The van der Waals surface area contributed by atoms with Crippen LogP contribution in [0.3, 0.4) is 0 Å². The standard InChI is InChI=1S/C12H17NO2/c1-9-3-4-10(7-11(9)14)13-8-12(15)5-2-6-12/h3-4,7,13-15H,2,5-6,8H2,1H3. The number of hydrogen-bond acceptors (Lipinski definition) is 3. The van der Waals surface area contributed by atoms with Crippen LogP contribution in [0.4, 0.5) is 5.69 Å². The second-order valence-corrected chi connectivity index (χ2v) is 4.43. The fourth-order valence-electron chi connectivity index (χ4n) is 1.75. The zero-order valence-corrected chi connectivity index (χ0v) is 8.95. The average molecular weight is 207 g/mol. The second kappa shape index (κ2) is 3.74. The Balaban J connectivity index is 1.96. The molecule has 1 aromatic carbocycles. The number of aromatic hydroxyl groups is 1. The molecule has 15 heavy (non-hydrogen) atoms. The molecule has 82 valence electrons. The fraction of sp³-hybridized carbons (Fsp3) is 0.500. The maximum Gasteiger partial charge on any atom is 0.120 e. The molecule has 0 unspecified atom stereocenters. The molecule has 1 aromatic rings. The summed E-state index contributed by atoms with van der Waals surface area (Å²) in [6, 6.07) is 5.47. The van der Waals surface area contributed by atoms with Crippen LogP contribution in [-0.2, 0) is 0 Å². The molecule has 0 amide bonds. The summed E-state index contributed by atoms with van der Waals surface area (Å²) in [5, 5.41) is 22.5. The first kappa shape index (κ1) is 10.3. The van der Waals surface area contributed by atoms with Crippen molar-refractivity contribution in [3.63, 3.8) is 0 Å². The monoisotopic (exact) mass is 207 g/mol. The minimum absolute atomic E-state index is 0.292. The van der Waals surface area contributed by atoms with E-state index in [0.717, 1.165) is 30.5 Å². The van der Waals surface area contributed by atoms with E-state index in [2.05, 4.69) is 5.32 Å². The van der Waals surface area contributed by atoms with Crippen molar-refractivity contribution in [1.29, 1.82) is 0 Å². The molecular formula is C12H17NO2. The summed E-state index contributed by atoms with van der Waals surface area (Å²) in [4.78, 5) is 0. The minimum atomic E-state index is -0.527. The Hall–Kier alpha value is -1.22. The van der Waals surface area contributed by atoms with Crippen molar-refractivity contribution in [3.8, 4) is 5.75 Å². The van der Waals surface area contributed by atoms with Gasteiger partial charge in [0.25, 0.3) is 0 Å². The number of benzene rings is 1. The summed E-state index contributed by atoms with van der Waals surface area (Å²) in [7, 11) is 0. The Morgan fingerprint density at radius 3 is 2.67 bits per heavy atom. The number of phenols is 1. The summed E-state index contributed by atoms with van der Waals surface area (Å²) in [6.45, 7) is 2.42. The third-order valence-corrected chi connectivity index (χ3v) is 3.11. The molecule has 0 spiro atoms. The Kier molecular flexibility index (Phi) is 2.57. The van der Waals surface area contributed by atoms with Crippen molar-refractivity contribution < 1.29 is 10.2 Å². The van der Waals surface area contributed by atoms with Gasteiger partial charge in [-0.15, -0.1) is 0 Å². The van der Waals surface area contributed by atoms with Crippen LogP contribution in [0.25, 0.3) is 0 Å². The van der Waals surface area contributed by atoms with Crippen LogP contribution in [0.1, 0.15) is 24.8 Å². The summed E-state index contributed by atoms with van der Waals surface area (Å²) in [5.74, 6) is 0.292. The highest BCUT2D eigenvalue weighted by Gasteiger charge is 2.33. The second-order valence-electron chi connectivity index (χ2n) is 4.43. The molecule has 1 aliphatic rings. The lowest BCUT2D eigenvalue weighted by atomic mass is 9.80. The first-order valence-corrected chi connectivity index (χ1v) is 5.35. The molecule has 2 rings (SSSR count). The van der Waals surface area contributed by atoms with Gasteiger partial charge in [-0.1, -0.05) is 6.07 Å². The lowest BCUT2D eigenvalue weighted by Gasteiger charge is -2.36. The molecule has 0 atom stereocenters. The smallest absolute Gasteiger partial charge is 0.120 e. The predicted octanol–water partition coefficient (Wildman–Crippen LogP) is 2.03.